The fraction of sp³-hybridized carbons (Fsp3) is 0.478. The molecule has 2 aromatic rings. The molecule has 1 aliphatic carbocycles. The van der Waals surface area contributed by atoms with Gasteiger partial charge >= 0.3 is 0 Å². The summed E-state index contributed by atoms with van der Waals surface area (Å²) < 4.78 is 0. The van der Waals surface area contributed by atoms with Crippen LogP contribution in [-0.2, 0) is 12.8 Å². The predicted molar refractivity (Wildman–Crippen MR) is 107 cm³/mol. The van der Waals surface area contributed by atoms with Gasteiger partial charge in [0, 0.05) is 12.1 Å². The highest BCUT2D eigenvalue weighted by Crippen LogP contribution is 2.31. The van der Waals surface area contributed by atoms with Crippen molar-refractivity contribution in [3.63, 3.8) is 0 Å². The van der Waals surface area contributed by atoms with Crippen LogP contribution in [0.5, 0.6) is 0 Å². The molecule has 1 aliphatic rings. The number of nitrogens with two attached hydrogens (primary N) is 1. The smallest absolute Gasteiger partial charge is 0.0455 e. The first kappa shape index (κ1) is 18.2. The van der Waals surface area contributed by atoms with E-state index in [4.69, 9.17) is 5.73 Å². The summed E-state index contributed by atoms with van der Waals surface area (Å²) in [5.41, 5.74) is 10.9. The summed E-state index contributed by atoms with van der Waals surface area (Å²) in [7, 11) is 0. The largest absolute Gasteiger partial charge is 0.323 e. The minimum atomic E-state index is 0.158. The Kier molecular flexibility index (Phi) is 6.66. The molecule has 0 bridgehead atoms. The highest BCUT2D eigenvalue weighted by Gasteiger charge is 2.30. The number of unbranched alkanes of at least 4 members (excludes halogenated alkanes) is 1. The SMILES string of the molecule is CCCN(CCCCc1ccccc1)C1CCc2ccccc2C1N. The number of hydrogen-bond acceptors (Lipinski definition) is 2. The maximum Gasteiger partial charge on any atom is 0.0455 e. The van der Waals surface area contributed by atoms with Crippen LogP contribution in [0.3, 0.4) is 0 Å². The van der Waals surface area contributed by atoms with Crippen LogP contribution in [0.25, 0.3) is 0 Å². The van der Waals surface area contributed by atoms with Gasteiger partial charge in [0.05, 0.1) is 0 Å². The lowest BCUT2D eigenvalue weighted by molar-refractivity contribution is 0.152. The molecular weight excluding hydrogens is 304 g/mol. The Balaban J connectivity index is 1.56. The molecule has 25 heavy (non-hydrogen) atoms. The summed E-state index contributed by atoms with van der Waals surface area (Å²) in [6, 6.07) is 20.2. The highest BCUT2D eigenvalue weighted by molar-refractivity contribution is 5.33. The van der Waals surface area contributed by atoms with Gasteiger partial charge in [0.15, 0.2) is 0 Å². The van der Waals surface area contributed by atoms with E-state index in [-0.39, 0.29) is 6.04 Å². The van der Waals surface area contributed by atoms with Crippen molar-refractivity contribution in [1.82, 2.24) is 4.90 Å². The first-order chi connectivity index (χ1) is 12.3. The lowest BCUT2D eigenvalue weighted by Gasteiger charge is -2.39. The van der Waals surface area contributed by atoms with Crippen LogP contribution in [0.15, 0.2) is 54.6 Å². The predicted octanol–water partition coefficient (Wildman–Crippen LogP) is 4.74. The quantitative estimate of drug-likeness (QED) is 0.706. The molecule has 2 unspecified atom stereocenters. The molecule has 0 saturated heterocycles. The van der Waals surface area contributed by atoms with Gasteiger partial charge in [-0.25, -0.2) is 0 Å². The van der Waals surface area contributed by atoms with E-state index in [1.54, 1.807) is 0 Å². The van der Waals surface area contributed by atoms with Crippen LogP contribution < -0.4 is 5.73 Å². The highest BCUT2D eigenvalue weighted by atomic mass is 15.2. The molecule has 0 radical (unpaired) electrons. The van der Waals surface area contributed by atoms with Gasteiger partial charge in [0.2, 0.25) is 0 Å². The molecule has 0 spiro atoms. The summed E-state index contributed by atoms with van der Waals surface area (Å²) in [4.78, 5) is 2.66. The summed E-state index contributed by atoms with van der Waals surface area (Å²) in [5.74, 6) is 0. The Hall–Kier alpha value is -1.64. The summed E-state index contributed by atoms with van der Waals surface area (Å²) in [5, 5.41) is 0. The third kappa shape index (κ3) is 4.71. The zero-order valence-corrected chi connectivity index (χ0v) is 15.5. The number of rotatable bonds is 8. The van der Waals surface area contributed by atoms with E-state index in [9.17, 15) is 0 Å². The first-order valence-corrected chi connectivity index (χ1v) is 9.91. The minimum absolute atomic E-state index is 0.158. The molecule has 0 aromatic heterocycles. The fourth-order valence-corrected chi connectivity index (χ4v) is 4.21. The maximum absolute atomic E-state index is 6.68. The summed E-state index contributed by atoms with van der Waals surface area (Å²) in [6.07, 6.45) is 7.24. The van der Waals surface area contributed by atoms with E-state index in [1.165, 1.54) is 61.8 Å². The number of fused-ring (bicyclic) bond motifs is 1. The fourth-order valence-electron chi connectivity index (χ4n) is 4.21. The van der Waals surface area contributed by atoms with Crippen LogP contribution in [-0.4, -0.2) is 24.0 Å². The van der Waals surface area contributed by atoms with Crippen molar-refractivity contribution in [1.29, 1.82) is 0 Å². The number of aryl methyl sites for hydroxylation is 2. The van der Waals surface area contributed by atoms with Crippen molar-refractivity contribution in [2.45, 2.75) is 57.5 Å². The van der Waals surface area contributed by atoms with Crippen molar-refractivity contribution < 1.29 is 0 Å². The van der Waals surface area contributed by atoms with E-state index in [0.717, 1.165) is 6.54 Å². The van der Waals surface area contributed by atoms with Gasteiger partial charge in [-0.05, 0) is 68.3 Å². The lowest BCUT2D eigenvalue weighted by Crippen LogP contribution is -2.46. The Morgan fingerprint density at radius 2 is 1.72 bits per heavy atom. The second-order valence-electron chi connectivity index (χ2n) is 7.31. The second-order valence-corrected chi connectivity index (χ2v) is 7.31. The van der Waals surface area contributed by atoms with Crippen LogP contribution in [0.4, 0.5) is 0 Å². The molecule has 0 aliphatic heterocycles. The van der Waals surface area contributed by atoms with Crippen LogP contribution in [0, 0.1) is 0 Å². The molecule has 2 heteroatoms. The van der Waals surface area contributed by atoms with Crippen molar-refractivity contribution in [3.05, 3.63) is 71.3 Å². The lowest BCUT2D eigenvalue weighted by atomic mass is 9.83. The molecule has 2 atom stereocenters. The van der Waals surface area contributed by atoms with E-state index in [1.807, 2.05) is 0 Å². The van der Waals surface area contributed by atoms with Crippen molar-refractivity contribution in [2.75, 3.05) is 13.1 Å². The Morgan fingerprint density at radius 1 is 0.960 bits per heavy atom. The van der Waals surface area contributed by atoms with Crippen LogP contribution in [0.2, 0.25) is 0 Å². The van der Waals surface area contributed by atoms with Gasteiger partial charge in [-0.2, -0.15) is 0 Å². The monoisotopic (exact) mass is 336 g/mol. The first-order valence-electron chi connectivity index (χ1n) is 9.91. The van der Waals surface area contributed by atoms with E-state index < -0.39 is 0 Å². The molecule has 0 fully saturated rings. The maximum atomic E-state index is 6.68. The Bertz CT molecular complexity index is 638. The zero-order valence-electron chi connectivity index (χ0n) is 15.5. The van der Waals surface area contributed by atoms with E-state index in [2.05, 4.69) is 66.4 Å². The van der Waals surface area contributed by atoms with Gasteiger partial charge < -0.3 is 5.73 Å². The third-order valence-corrected chi connectivity index (χ3v) is 5.52. The van der Waals surface area contributed by atoms with Crippen LogP contribution >= 0.6 is 0 Å². The van der Waals surface area contributed by atoms with Gasteiger partial charge in [-0.3, -0.25) is 4.90 Å². The van der Waals surface area contributed by atoms with Crippen molar-refractivity contribution in [2.24, 2.45) is 5.73 Å². The van der Waals surface area contributed by atoms with Gasteiger partial charge in [0.25, 0.3) is 0 Å². The minimum Gasteiger partial charge on any atom is -0.323 e. The summed E-state index contributed by atoms with van der Waals surface area (Å²) >= 11 is 0. The topological polar surface area (TPSA) is 29.3 Å². The van der Waals surface area contributed by atoms with Gasteiger partial charge in [-0.1, -0.05) is 61.5 Å². The Labute approximate surface area is 153 Å². The Morgan fingerprint density at radius 3 is 2.52 bits per heavy atom. The van der Waals surface area contributed by atoms with Gasteiger partial charge in [0.1, 0.15) is 0 Å². The molecule has 0 heterocycles. The molecule has 2 N–H and O–H groups in total. The third-order valence-electron chi connectivity index (χ3n) is 5.52. The molecule has 3 rings (SSSR count). The zero-order chi connectivity index (χ0) is 17.5. The molecule has 2 aromatic carbocycles. The molecule has 134 valence electrons. The average Bonchev–Trinajstić information content (AvgIpc) is 2.66. The standard InChI is InChI=1S/C23H32N2/c1-2-17-25(18-9-8-12-19-10-4-3-5-11-19)22-16-15-20-13-6-7-14-21(20)23(22)24/h3-7,10-11,13-14,22-23H,2,8-9,12,15-18,24H2,1H3. The normalized spacial score (nSPS) is 19.8. The van der Waals surface area contributed by atoms with E-state index >= 15 is 0 Å². The van der Waals surface area contributed by atoms with E-state index in [0.29, 0.717) is 6.04 Å². The van der Waals surface area contributed by atoms with Crippen LogP contribution in [0.1, 0.15) is 55.3 Å². The number of hydrogen-bond donors (Lipinski definition) is 1. The molecular formula is C23H32N2. The molecule has 0 saturated carbocycles. The number of benzene rings is 2. The molecule has 2 nitrogen and oxygen atoms in total. The molecule has 0 amide bonds. The number of nitrogens with zero attached hydrogens (tertiary/aromatic N) is 1. The average molecular weight is 337 g/mol. The van der Waals surface area contributed by atoms with Gasteiger partial charge in [-0.15, -0.1) is 0 Å². The van der Waals surface area contributed by atoms with Crippen molar-refractivity contribution in [3.8, 4) is 0 Å². The summed E-state index contributed by atoms with van der Waals surface area (Å²) in [6.45, 7) is 4.60. The second kappa shape index (κ2) is 9.17. The van der Waals surface area contributed by atoms with Crippen molar-refractivity contribution >= 4 is 0 Å².